The van der Waals surface area contributed by atoms with E-state index in [9.17, 15) is 9.90 Å². The molecule has 0 fully saturated rings. The van der Waals surface area contributed by atoms with E-state index in [-0.39, 0.29) is 24.0 Å². The standard InChI is InChI=1S/C28H27N3O3/c1-34-24-15-11-22(12-16-24)26-19-29-28(31-27(33)18-21-8-13-23(32)14-9-21)25(30-26)17-10-20-6-4-2-3-5-7-20/h2-9,11-16,19-20,32H,10,17-18H2,1H3,(H,29,31,33). The van der Waals surface area contributed by atoms with Crippen molar-refractivity contribution in [2.45, 2.75) is 19.3 Å². The summed E-state index contributed by atoms with van der Waals surface area (Å²) in [7, 11) is 1.63. The fraction of sp³-hybridized carbons (Fsp3) is 0.179. The van der Waals surface area contributed by atoms with Gasteiger partial charge in [0.15, 0.2) is 5.82 Å². The van der Waals surface area contributed by atoms with Gasteiger partial charge in [-0.2, -0.15) is 0 Å². The number of phenols is 1. The Bertz CT molecular complexity index is 1200. The summed E-state index contributed by atoms with van der Waals surface area (Å²) in [5.74, 6) is 1.51. The second kappa shape index (κ2) is 11.1. The monoisotopic (exact) mass is 453 g/mol. The van der Waals surface area contributed by atoms with E-state index in [4.69, 9.17) is 9.72 Å². The normalized spacial score (nSPS) is 13.0. The molecule has 1 heterocycles. The van der Waals surface area contributed by atoms with Crippen LogP contribution in [-0.4, -0.2) is 28.1 Å². The molecule has 34 heavy (non-hydrogen) atoms. The van der Waals surface area contributed by atoms with Crippen LogP contribution in [0.3, 0.4) is 0 Å². The van der Waals surface area contributed by atoms with Crippen molar-refractivity contribution in [3.05, 3.63) is 102 Å². The number of benzene rings is 2. The molecule has 3 aromatic rings. The third-order valence-corrected chi connectivity index (χ3v) is 5.55. The fourth-order valence-corrected chi connectivity index (χ4v) is 3.68. The third kappa shape index (κ3) is 6.19. The lowest BCUT2D eigenvalue weighted by molar-refractivity contribution is -0.115. The number of hydrogen-bond acceptors (Lipinski definition) is 5. The van der Waals surface area contributed by atoms with Crippen LogP contribution in [0, 0.1) is 5.92 Å². The number of carbonyl (C=O) groups is 1. The van der Waals surface area contributed by atoms with Crippen molar-refractivity contribution in [2.24, 2.45) is 5.92 Å². The number of anilines is 1. The topological polar surface area (TPSA) is 84.3 Å². The third-order valence-electron chi connectivity index (χ3n) is 5.55. The zero-order chi connectivity index (χ0) is 23.8. The SMILES string of the molecule is COc1ccc(-c2cnc(NC(=O)Cc3ccc(O)cc3)c(CCC3C=CC=CC=C3)n2)cc1. The number of aryl methyl sites for hydroxylation is 1. The Hall–Kier alpha value is -4.19. The second-order valence-corrected chi connectivity index (χ2v) is 8.03. The van der Waals surface area contributed by atoms with Gasteiger partial charge in [-0.3, -0.25) is 4.79 Å². The lowest BCUT2D eigenvalue weighted by Crippen LogP contribution is -2.17. The molecular weight excluding hydrogens is 426 g/mol. The number of carbonyl (C=O) groups excluding carboxylic acids is 1. The molecule has 0 aliphatic heterocycles. The Morgan fingerprint density at radius 3 is 2.38 bits per heavy atom. The highest BCUT2D eigenvalue weighted by Crippen LogP contribution is 2.24. The van der Waals surface area contributed by atoms with Crippen molar-refractivity contribution in [3.8, 4) is 22.8 Å². The van der Waals surface area contributed by atoms with Gasteiger partial charge in [0, 0.05) is 5.56 Å². The summed E-state index contributed by atoms with van der Waals surface area (Å²) in [5.41, 5.74) is 3.21. The first-order chi connectivity index (χ1) is 16.6. The average Bonchev–Trinajstić information content (AvgIpc) is 3.14. The Balaban J connectivity index is 1.55. The van der Waals surface area contributed by atoms with E-state index >= 15 is 0 Å². The van der Waals surface area contributed by atoms with Gasteiger partial charge < -0.3 is 15.2 Å². The highest BCUT2D eigenvalue weighted by atomic mass is 16.5. The van der Waals surface area contributed by atoms with Gasteiger partial charge in [-0.1, -0.05) is 48.6 Å². The number of nitrogens with zero attached hydrogens (tertiary/aromatic N) is 2. The fourth-order valence-electron chi connectivity index (χ4n) is 3.68. The molecule has 0 unspecified atom stereocenters. The number of phenolic OH excluding ortho intramolecular Hbond substituents is 1. The van der Waals surface area contributed by atoms with Gasteiger partial charge >= 0.3 is 0 Å². The average molecular weight is 454 g/mol. The van der Waals surface area contributed by atoms with Crippen LogP contribution in [0.1, 0.15) is 17.7 Å². The zero-order valence-electron chi connectivity index (χ0n) is 19.0. The predicted molar refractivity (Wildman–Crippen MR) is 134 cm³/mol. The minimum absolute atomic E-state index is 0.170. The summed E-state index contributed by atoms with van der Waals surface area (Å²) < 4.78 is 5.25. The van der Waals surface area contributed by atoms with Gasteiger partial charge in [-0.05, 0) is 60.7 Å². The van der Waals surface area contributed by atoms with Crippen molar-refractivity contribution < 1.29 is 14.6 Å². The van der Waals surface area contributed by atoms with Gasteiger partial charge in [0.1, 0.15) is 11.5 Å². The zero-order valence-corrected chi connectivity index (χ0v) is 19.0. The molecule has 1 amide bonds. The highest BCUT2D eigenvalue weighted by Gasteiger charge is 2.14. The number of aromatic nitrogens is 2. The molecule has 2 aromatic carbocycles. The predicted octanol–water partition coefficient (Wildman–Crippen LogP) is 5.27. The molecule has 6 heteroatoms. The van der Waals surface area contributed by atoms with Crippen LogP contribution in [0.25, 0.3) is 11.3 Å². The molecule has 0 spiro atoms. The minimum Gasteiger partial charge on any atom is -0.508 e. The number of aromatic hydroxyl groups is 1. The van der Waals surface area contributed by atoms with Crippen LogP contribution in [-0.2, 0) is 17.6 Å². The van der Waals surface area contributed by atoms with Gasteiger partial charge in [-0.25, -0.2) is 9.97 Å². The Labute approximate surface area is 199 Å². The molecule has 1 aliphatic carbocycles. The molecule has 0 saturated heterocycles. The lowest BCUT2D eigenvalue weighted by atomic mass is 10.0. The number of amides is 1. The smallest absolute Gasteiger partial charge is 0.229 e. The van der Waals surface area contributed by atoms with Gasteiger partial charge in [0.25, 0.3) is 0 Å². The van der Waals surface area contributed by atoms with E-state index in [1.807, 2.05) is 48.6 Å². The first-order valence-corrected chi connectivity index (χ1v) is 11.2. The van der Waals surface area contributed by atoms with E-state index in [2.05, 4.69) is 22.5 Å². The van der Waals surface area contributed by atoms with Crippen LogP contribution in [0.4, 0.5) is 5.82 Å². The molecule has 0 saturated carbocycles. The van der Waals surface area contributed by atoms with Crippen molar-refractivity contribution in [3.63, 3.8) is 0 Å². The van der Waals surface area contributed by atoms with Crippen LogP contribution in [0.5, 0.6) is 11.5 Å². The Morgan fingerprint density at radius 1 is 1.00 bits per heavy atom. The molecule has 0 bridgehead atoms. The maximum Gasteiger partial charge on any atom is 0.229 e. The Morgan fingerprint density at radius 2 is 1.71 bits per heavy atom. The van der Waals surface area contributed by atoms with Gasteiger partial charge in [0.05, 0.1) is 31.1 Å². The van der Waals surface area contributed by atoms with Crippen molar-refractivity contribution >= 4 is 11.7 Å². The van der Waals surface area contributed by atoms with Crippen LogP contribution < -0.4 is 10.1 Å². The molecule has 172 valence electrons. The molecule has 1 aliphatic rings. The van der Waals surface area contributed by atoms with E-state index in [1.165, 1.54) is 0 Å². The van der Waals surface area contributed by atoms with Gasteiger partial charge in [0.2, 0.25) is 5.91 Å². The van der Waals surface area contributed by atoms with Crippen molar-refractivity contribution in [1.82, 2.24) is 9.97 Å². The number of methoxy groups -OCH3 is 1. The number of nitrogens with one attached hydrogen (secondary N) is 1. The summed E-state index contributed by atoms with van der Waals surface area (Å²) in [4.78, 5) is 22.1. The van der Waals surface area contributed by atoms with Crippen molar-refractivity contribution in [1.29, 1.82) is 0 Å². The second-order valence-electron chi connectivity index (χ2n) is 8.03. The minimum atomic E-state index is -0.183. The highest BCUT2D eigenvalue weighted by molar-refractivity contribution is 5.92. The summed E-state index contributed by atoms with van der Waals surface area (Å²) in [6.07, 6.45) is 15.8. The Kier molecular flexibility index (Phi) is 7.50. The molecule has 6 nitrogen and oxygen atoms in total. The molecule has 2 N–H and O–H groups in total. The van der Waals surface area contributed by atoms with Crippen LogP contribution in [0.15, 0.2) is 91.2 Å². The van der Waals surface area contributed by atoms with E-state index in [1.54, 1.807) is 37.6 Å². The van der Waals surface area contributed by atoms with E-state index < -0.39 is 0 Å². The van der Waals surface area contributed by atoms with Crippen molar-refractivity contribution in [2.75, 3.05) is 12.4 Å². The number of hydrogen-bond donors (Lipinski definition) is 2. The summed E-state index contributed by atoms with van der Waals surface area (Å²) >= 11 is 0. The molecule has 0 atom stereocenters. The largest absolute Gasteiger partial charge is 0.508 e. The molecular formula is C28H27N3O3. The summed E-state index contributed by atoms with van der Waals surface area (Å²) in [6.45, 7) is 0. The van der Waals surface area contributed by atoms with E-state index in [0.29, 0.717) is 12.2 Å². The first-order valence-electron chi connectivity index (χ1n) is 11.2. The van der Waals surface area contributed by atoms with Crippen LogP contribution >= 0.6 is 0 Å². The lowest BCUT2D eigenvalue weighted by Gasteiger charge is -2.13. The van der Waals surface area contributed by atoms with Crippen LogP contribution in [0.2, 0.25) is 0 Å². The summed E-state index contributed by atoms with van der Waals surface area (Å²) in [6, 6.07) is 14.3. The molecule has 1 aromatic heterocycles. The maximum atomic E-state index is 12.7. The van der Waals surface area contributed by atoms with Gasteiger partial charge in [-0.15, -0.1) is 0 Å². The number of ether oxygens (including phenoxy) is 1. The number of allylic oxidation sites excluding steroid dienone is 6. The van der Waals surface area contributed by atoms with E-state index in [0.717, 1.165) is 34.7 Å². The molecule has 4 rings (SSSR count). The molecule has 0 radical (unpaired) electrons. The first kappa shape index (κ1) is 23.0. The quantitative estimate of drug-likeness (QED) is 0.485. The summed E-state index contributed by atoms with van der Waals surface area (Å²) in [5, 5.41) is 12.4. The number of rotatable bonds is 8. The maximum absolute atomic E-state index is 12.7.